The first-order valence-corrected chi connectivity index (χ1v) is 5.50. The molecule has 1 aliphatic carbocycles. The quantitative estimate of drug-likeness (QED) is 0.677. The first kappa shape index (κ1) is 17.5. The first-order chi connectivity index (χ1) is 6.68. The van der Waals surface area contributed by atoms with Gasteiger partial charge in [-0.2, -0.15) is 0 Å². The normalized spacial score (nSPS) is 29.6. The molecule has 16 heavy (non-hydrogen) atoms. The summed E-state index contributed by atoms with van der Waals surface area (Å²) in [5.41, 5.74) is 0.112. The van der Waals surface area contributed by atoms with Gasteiger partial charge < -0.3 is 17.7 Å². The van der Waals surface area contributed by atoms with Crippen LogP contribution in [0.1, 0.15) is 40.0 Å². The fraction of sp³-hybridized carbons (Fsp3) is 1.00. The molecule has 1 fully saturated rings. The molecule has 90 valence electrons. The Morgan fingerprint density at radius 3 is 2.25 bits per heavy atom. The maximum atomic E-state index is 12.0. The van der Waals surface area contributed by atoms with Crippen molar-refractivity contribution in [1.82, 2.24) is 0 Å². The Kier molecular flexibility index (Phi) is 7.17. The van der Waals surface area contributed by atoms with E-state index in [0.29, 0.717) is 5.92 Å². The van der Waals surface area contributed by atoms with Gasteiger partial charge in [-0.1, -0.05) is 20.8 Å². The van der Waals surface area contributed by atoms with Crippen molar-refractivity contribution in [2.45, 2.75) is 46.1 Å². The van der Waals surface area contributed by atoms with Gasteiger partial charge in [-0.05, 0) is 30.6 Å². The van der Waals surface area contributed by atoms with Crippen molar-refractivity contribution in [3.8, 4) is 0 Å². The smallest absolute Gasteiger partial charge is 0.447 e. The fourth-order valence-electron chi connectivity index (χ4n) is 2.63. The number of hydrogen-bond acceptors (Lipinski definition) is 1. The minimum atomic E-state index is -4.80. The van der Waals surface area contributed by atoms with Crippen LogP contribution in [0.3, 0.4) is 0 Å². The summed E-state index contributed by atoms with van der Waals surface area (Å²) in [5, 5.41) is 0. The molecule has 0 aromatic rings. The van der Waals surface area contributed by atoms with Gasteiger partial charge in [-0.25, -0.2) is 0 Å². The molecule has 2 unspecified atom stereocenters. The molecule has 0 amide bonds. The molecular weight excluding hydrogens is 243 g/mol. The van der Waals surface area contributed by atoms with Crippen LogP contribution in [0.25, 0.3) is 0 Å². The second-order valence-electron chi connectivity index (χ2n) is 5.58. The van der Waals surface area contributed by atoms with Crippen LogP contribution in [0.15, 0.2) is 0 Å². The van der Waals surface area contributed by atoms with Gasteiger partial charge in [0.2, 0.25) is 0 Å². The van der Waals surface area contributed by atoms with E-state index < -0.39 is 13.5 Å². The number of rotatable bonds is 3. The Morgan fingerprint density at radius 1 is 1.25 bits per heavy atom. The molecule has 1 nitrogen and oxygen atoms in total. The van der Waals surface area contributed by atoms with E-state index in [2.05, 4.69) is 20.8 Å². The summed E-state index contributed by atoms with van der Waals surface area (Å²) in [6.45, 7) is 0.420. The SMILES string of the molecule is CC1CC(OC[B-](F)(F)F)CC(C)(C)C1.[K+]. The minimum Gasteiger partial charge on any atom is -0.447 e. The molecule has 2 atom stereocenters. The Morgan fingerprint density at radius 2 is 1.81 bits per heavy atom. The standard InChI is InChI=1S/C10H19BF3O.K/c1-8-4-9(6-10(2,3)5-8)15-7-11(12,13)14;/h8-9H,4-7H2,1-3H3;/q-1;+1. The Bertz CT molecular complexity index is 221. The van der Waals surface area contributed by atoms with Crippen molar-refractivity contribution in [3.63, 3.8) is 0 Å². The third kappa shape index (κ3) is 7.01. The van der Waals surface area contributed by atoms with Gasteiger partial charge in [-0.3, -0.25) is 0 Å². The Labute approximate surface area is 138 Å². The van der Waals surface area contributed by atoms with Crippen LogP contribution >= 0.6 is 0 Å². The summed E-state index contributed by atoms with van der Waals surface area (Å²) >= 11 is 0. The van der Waals surface area contributed by atoms with Crippen LogP contribution in [0.5, 0.6) is 0 Å². The monoisotopic (exact) mass is 262 g/mol. The molecule has 0 aromatic carbocycles. The van der Waals surface area contributed by atoms with Gasteiger partial charge in [0.1, 0.15) is 0 Å². The summed E-state index contributed by atoms with van der Waals surface area (Å²) in [6, 6.07) is 0. The minimum absolute atomic E-state index is 0. The Balaban J connectivity index is 0.00000225. The third-order valence-electron chi connectivity index (χ3n) is 2.87. The van der Waals surface area contributed by atoms with Crippen LogP contribution in [-0.2, 0) is 4.74 Å². The summed E-state index contributed by atoms with van der Waals surface area (Å²) in [7, 11) is 0. The first-order valence-electron chi connectivity index (χ1n) is 5.50. The van der Waals surface area contributed by atoms with Gasteiger partial charge in [0.05, 0.1) is 6.10 Å². The fourth-order valence-corrected chi connectivity index (χ4v) is 2.63. The summed E-state index contributed by atoms with van der Waals surface area (Å²) in [4.78, 5) is 0. The molecule has 0 heterocycles. The van der Waals surface area contributed by atoms with E-state index in [0.717, 1.165) is 19.3 Å². The second-order valence-corrected chi connectivity index (χ2v) is 5.58. The van der Waals surface area contributed by atoms with Gasteiger partial charge in [0, 0.05) is 6.51 Å². The van der Waals surface area contributed by atoms with Crippen molar-refractivity contribution >= 4 is 6.98 Å². The molecule has 1 aliphatic rings. The van der Waals surface area contributed by atoms with E-state index in [4.69, 9.17) is 4.74 Å². The van der Waals surface area contributed by atoms with E-state index in [1.165, 1.54) is 0 Å². The van der Waals surface area contributed by atoms with Gasteiger partial charge in [0.25, 0.3) is 0 Å². The summed E-state index contributed by atoms with van der Waals surface area (Å²) in [6.07, 6.45) is 2.36. The van der Waals surface area contributed by atoms with Gasteiger partial charge >= 0.3 is 58.4 Å². The van der Waals surface area contributed by atoms with Crippen LogP contribution in [-0.4, -0.2) is 19.6 Å². The molecule has 0 aliphatic heterocycles. The van der Waals surface area contributed by atoms with Crippen molar-refractivity contribution in [1.29, 1.82) is 0 Å². The molecule has 0 aromatic heterocycles. The predicted molar refractivity (Wildman–Crippen MR) is 55.6 cm³/mol. The summed E-state index contributed by atoms with van der Waals surface area (Å²) in [5.74, 6) is 0.458. The van der Waals surface area contributed by atoms with Gasteiger partial charge in [0.15, 0.2) is 0 Å². The molecule has 0 spiro atoms. The van der Waals surface area contributed by atoms with Crippen LogP contribution in [0, 0.1) is 11.3 Å². The number of ether oxygens (including phenoxy) is 1. The van der Waals surface area contributed by atoms with Crippen molar-refractivity contribution in [2.24, 2.45) is 11.3 Å². The predicted octanol–water partition coefficient (Wildman–Crippen LogP) is 0.608. The third-order valence-corrected chi connectivity index (χ3v) is 2.87. The summed E-state index contributed by atoms with van der Waals surface area (Å²) < 4.78 is 41.1. The molecule has 0 bridgehead atoms. The van der Waals surface area contributed by atoms with E-state index in [9.17, 15) is 12.9 Å². The molecule has 1 saturated carbocycles. The second kappa shape index (κ2) is 6.57. The zero-order valence-electron chi connectivity index (χ0n) is 10.6. The molecule has 0 radical (unpaired) electrons. The van der Waals surface area contributed by atoms with Crippen LogP contribution in [0.2, 0.25) is 0 Å². The van der Waals surface area contributed by atoms with E-state index in [1.807, 2.05) is 0 Å². The van der Waals surface area contributed by atoms with Gasteiger partial charge in [-0.15, -0.1) is 0 Å². The van der Waals surface area contributed by atoms with E-state index >= 15 is 0 Å². The van der Waals surface area contributed by atoms with Crippen molar-refractivity contribution in [3.05, 3.63) is 0 Å². The maximum absolute atomic E-state index is 12.0. The van der Waals surface area contributed by atoms with Crippen LogP contribution in [0.4, 0.5) is 12.9 Å². The number of hydrogen-bond donors (Lipinski definition) is 0. The molecule has 1 rings (SSSR count). The Hall–Kier alpha value is 1.45. The molecular formula is C10H19BF3KO. The van der Waals surface area contributed by atoms with E-state index in [1.54, 1.807) is 0 Å². The average Bonchev–Trinajstić information content (AvgIpc) is 1.95. The largest absolute Gasteiger partial charge is 1.00 e. The maximum Gasteiger partial charge on any atom is 1.00 e. The van der Waals surface area contributed by atoms with Crippen LogP contribution < -0.4 is 51.4 Å². The van der Waals surface area contributed by atoms with E-state index in [-0.39, 0.29) is 62.9 Å². The number of halogens is 3. The van der Waals surface area contributed by atoms with Crippen molar-refractivity contribution in [2.75, 3.05) is 6.51 Å². The molecule has 0 N–H and O–H groups in total. The average molecular weight is 262 g/mol. The van der Waals surface area contributed by atoms with Crippen molar-refractivity contribution < 1.29 is 69.1 Å². The zero-order valence-corrected chi connectivity index (χ0v) is 13.7. The zero-order chi connectivity index (χ0) is 11.7. The molecule has 6 heteroatoms. The topological polar surface area (TPSA) is 9.23 Å². The molecule has 0 saturated heterocycles.